The highest BCUT2D eigenvalue weighted by Gasteiger charge is 1.96. The monoisotopic (exact) mass is 261 g/mol. The van der Waals surface area contributed by atoms with Gasteiger partial charge in [0.25, 0.3) is 0 Å². The van der Waals surface area contributed by atoms with E-state index in [4.69, 9.17) is 9.47 Å². The number of carbonyl (C=O) groups is 2. The standard InChI is InChI=1S/C11H23N3O4/c1-3-12-11(16)14-5-7-18-9-8-17-6-4-13-10(2)15/h3-9H2,1-2H3,(H,13,15)(H2,12,14,16). The molecular weight excluding hydrogens is 238 g/mol. The first-order valence-electron chi connectivity index (χ1n) is 6.08. The molecule has 0 aliphatic carbocycles. The second-order valence-corrected chi connectivity index (χ2v) is 3.49. The molecule has 0 saturated heterocycles. The van der Waals surface area contributed by atoms with E-state index in [-0.39, 0.29) is 11.9 Å². The predicted octanol–water partition coefficient (Wildman–Crippen LogP) is -0.525. The quantitative estimate of drug-likeness (QED) is 0.461. The number of rotatable bonds is 10. The molecule has 0 aromatic rings. The third-order valence-corrected chi connectivity index (χ3v) is 1.86. The summed E-state index contributed by atoms with van der Waals surface area (Å²) in [4.78, 5) is 21.5. The van der Waals surface area contributed by atoms with Crippen LogP contribution in [0.3, 0.4) is 0 Å². The van der Waals surface area contributed by atoms with E-state index in [0.717, 1.165) is 0 Å². The first-order valence-corrected chi connectivity index (χ1v) is 6.08. The lowest BCUT2D eigenvalue weighted by molar-refractivity contribution is -0.119. The van der Waals surface area contributed by atoms with E-state index in [0.29, 0.717) is 46.1 Å². The topological polar surface area (TPSA) is 88.7 Å². The fourth-order valence-electron chi connectivity index (χ4n) is 1.08. The SMILES string of the molecule is CCNC(=O)NCCOCCOCCNC(C)=O. The Hall–Kier alpha value is -1.34. The third kappa shape index (κ3) is 12.7. The molecule has 106 valence electrons. The molecule has 7 heteroatoms. The molecule has 7 nitrogen and oxygen atoms in total. The van der Waals surface area contributed by atoms with Gasteiger partial charge in [0.1, 0.15) is 0 Å². The van der Waals surface area contributed by atoms with Crippen molar-refractivity contribution in [3.63, 3.8) is 0 Å². The maximum atomic E-state index is 11.0. The van der Waals surface area contributed by atoms with Gasteiger partial charge in [-0.05, 0) is 6.92 Å². The van der Waals surface area contributed by atoms with Crippen LogP contribution >= 0.6 is 0 Å². The van der Waals surface area contributed by atoms with Crippen LogP contribution in [0.4, 0.5) is 4.79 Å². The van der Waals surface area contributed by atoms with E-state index in [1.807, 2.05) is 6.92 Å². The zero-order valence-electron chi connectivity index (χ0n) is 11.1. The lowest BCUT2D eigenvalue weighted by atomic mass is 10.6. The highest BCUT2D eigenvalue weighted by Crippen LogP contribution is 1.78. The van der Waals surface area contributed by atoms with Gasteiger partial charge in [0.15, 0.2) is 0 Å². The van der Waals surface area contributed by atoms with Crippen molar-refractivity contribution in [1.82, 2.24) is 16.0 Å². The molecule has 0 bridgehead atoms. The summed E-state index contributed by atoms with van der Waals surface area (Å²) in [6.45, 7) is 6.77. The normalized spacial score (nSPS) is 9.89. The largest absolute Gasteiger partial charge is 0.377 e. The van der Waals surface area contributed by atoms with Gasteiger partial charge in [-0.25, -0.2) is 4.79 Å². The van der Waals surface area contributed by atoms with Crippen molar-refractivity contribution >= 4 is 11.9 Å². The molecule has 3 amide bonds. The van der Waals surface area contributed by atoms with Gasteiger partial charge in [0.2, 0.25) is 5.91 Å². The smallest absolute Gasteiger partial charge is 0.314 e. The molecule has 0 aliphatic rings. The fraction of sp³-hybridized carbons (Fsp3) is 0.818. The first kappa shape index (κ1) is 16.7. The van der Waals surface area contributed by atoms with Crippen LogP contribution in [0.1, 0.15) is 13.8 Å². The zero-order chi connectivity index (χ0) is 13.6. The second-order valence-electron chi connectivity index (χ2n) is 3.49. The second kappa shape index (κ2) is 12.1. The maximum absolute atomic E-state index is 11.0. The van der Waals surface area contributed by atoms with Crippen LogP contribution in [0.25, 0.3) is 0 Å². The van der Waals surface area contributed by atoms with E-state index in [1.54, 1.807) is 0 Å². The van der Waals surface area contributed by atoms with Crippen molar-refractivity contribution < 1.29 is 19.1 Å². The van der Waals surface area contributed by atoms with Crippen LogP contribution < -0.4 is 16.0 Å². The Labute approximate surface area is 108 Å². The highest BCUT2D eigenvalue weighted by atomic mass is 16.5. The molecule has 0 saturated carbocycles. The molecular formula is C11H23N3O4. The molecule has 0 aromatic heterocycles. The van der Waals surface area contributed by atoms with Gasteiger partial charge < -0.3 is 25.4 Å². The first-order chi connectivity index (χ1) is 8.66. The summed E-state index contributed by atoms with van der Waals surface area (Å²) >= 11 is 0. The van der Waals surface area contributed by atoms with Gasteiger partial charge in [-0.2, -0.15) is 0 Å². The number of hydrogen-bond donors (Lipinski definition) is 3. The third-order valence-electron chi connectivity index (χ3n) is 1.86. The molecule has 18 heavy (non-hydrogen) atoms. The molecule has 0 unspecified atom stereocenters. The van der Waals surface area contributed by atoms with Crippen molar-refractivity contribution in [1.29, 1.82) is 0 Å². The van der Waals surface area contributed by atoms with E-state index in [9.17, 15) is 9.59 Å². The van der Waals surface area contributed by atoms with Crippen LogP contribution in [0, 0.1) is 0 Å². The van der Waals surface area contributed by atoms with Gasteiger partial charge in [0, 0.05) is 26.6 Å². The van der Waals surface area contributed by atoms with Crippen molar-refractivity contribution in [3.05, 3.63) is 0 Å². The molecule has 0 rings (SSSR count). The van der Waals surface area contributed by atoms with Gasteiger partial charge in [-0.3, -0.25) is 4.79 Å². The van der Waals surface area contributed by atoms with Gasteiger partial charge in [-0.15, -0.1) is 0 Å². The molecule has 0 atom stereocenters. The summed E-state index contributed by atoms with van der Waals surface area (Å²) in [5.41, 5.74) is 0. The average Bonchev–Trinajstić information content (AvgIpc) is 2.31. The molecule has 0 heterocycles. The van der Waals surface area contributed by atoms with Gasteiger partial charge in [-0.1, -0.05) is 0 Å². The minimum absolute atomic E-state index is 0.0636. The number of urea groups is 1. The van der Waals surface area contributed by atoms with Gasteiger partial charge in [0.05, 0.1) is 26.4 Å². The molecule has 3 N–H and O–H groups in total. The van der Waals surface area contributed by atoms with E-state index < -0.39 is 0 Å². The Morgan fingerprint density at radius 3 is 1.94 bits per heavy atom. The molecule has 0 fully saturated rings. The fourth-order valence-corrected chi connectivity index (χ4v) is 1.08. The number of ether oxygens (including phenoxy) is 2. The average molecular weight is 261 g/mol. The van der Waals surface area contributed by atoms with E-state index in [2.05, 4.69) is 16.0 Å². The van der Waals surface area contributed by atoms with Crippen LogP contribution in [-0.4, -0.2) is 58.0 Å². The van der Waals surface area contributed by atoms with E-state index >= 15 is 0 Å². The van der Waals surface area contributed by atoms with Crippen molar-refractivity contribution in [2.45, 2.75) is 13.8 Å². The predicted molar refractivity (Wildman–Crippen MR) is 67.4 cm³/mol. The van der Waals surface area contributed by atoms with E-state index in [1.165, 1.54) is 6.92 Å². The minimum atomic E-state index is -0.187. The number of carbonyl (C=O) groups excluding carboxylic acids is 2. The Kier molecular flexibility index (Phi) is 11.2. The van der Waals surface area contributed by atoms with Crippen LogP contribution in [0.5, 0.6) is 0 Å². The molecule has 0 spiro atoms. The molecule has 0 aliphatic heterocycles. The Bertz CT molecular complexity index is 236. The summed E-state index contributed by atoms with van der Waals surface area (Å²) in [6, 6.07) is -0.187. The Morgan fingerprint density at radius 1 is 0.889 bits per heavy atom. The zero-order valence-corrected chi connectivity index (χ0v) is 11.1. The summed E-state index contributed by atoms with van der Waals surface area (Å²) in [6.07, 6.45) is 0. The minimum Gasteiger partial charge on any atom is -0.377 e. The van der Waals surface area contributed by atoms with Gasteiger partial charge >= 0.3 is 6.03 Å². The summed E-state index contributed by atoms with van der Waals surface area (Å²) in [5, 5.41) is 7.88. The Balaban J connectivity index is 3.07. The molecule has 0 radical (unpaired) electrons. The van der Waals surface area contributed by atoms with Crippen molar-refractivity contribution in [3.8, 4) is 0 Å². The maximum Gasteiger partial charge on any atom is 0.314 e. The number of hydrogen-bond acceptors (Lipinski definition) is 4. The lowest BCUT2D eigenvalue weighted by Gasteiger charge is -2.07. The van der Waals surface area contributed by atoms with Crippen LogP contribution in [-0.2, 0) is 14.3 Å². The van der Waals surface area contributed by atoms with Crippen molar-refractivity contribution in [2.24, 2.45) is 0 Å². The van der Waals surface area contributed by atoms with Crippen LogP contribution in [0.2, 0.25) is 0 Å². The highest BCUT2D eigenvalue weighted by molar-refractivity contribution is 5.73. The number of nitrogens with one attached hydrogen (secondary N) is 3. The molecule has 0 aromatic carbocycles. The van der Waals surface area contributed by atoms with Crippen LogP contribution in [0.15, 0.2) is 0 Å². The van der Waals surface area contributed by atoms with Crippen molar-refractivity contribution in [2.75, 3.05) is 46.1 Å². The Morgan fingerprint density at radius 2 is 1.44 bits per heavy atom. The summed E-state index contributed by atoms with van der Waals surface area (Å²) in [5.74, 6) is -0.0636. The summed E-state index contributed by atoms with van der Waals surface area (Å²) < 4.78 is 10.4. The summed E-state index contributed by atoms with van der Waals surface area (Å²) in [7, 11) is 0. The lowest BCUT2D eigenvalue weighted by Crippen LogP contribution is -2.37. The number of amides is 3.